The van der Waals surface area contributed by atoms with Gasteiger partial charge in [0.05, 0.1) is 11.5 Å². The smallest absolute Gasteiger partial charge is 0.317 e. The normalized spacial score (nSPS) is 13.9. The Kier molecular flexibility index (Phi) is 6.67. The maximum Gasteiger partial charge on any atom is 0.317 e. The maximum absolute atomic E-state index is 11.4. The number of carboxylic acids is 1. The van der Waals surface area contributed by atoms with Crippen LogP contribution in [0.1, 0.15) is 26.2 Å². The number of alkyl halides is 1. The van der Waals surface area contributed by atoms with Gasteiger partial charge in [-0.2, -0.15) is 0 Å². The van der Waals surface area contributed by atoms with Crippen molar-refractivity contribution in [3.63, 3.8) is 0 Å². The van der Waals surface area contributed by atoms with Crippen LogP contribution >= 0.6 is 22.6 Å². The van der Waals surface area contributed by atoms with Gasteiger partial charge in [-0.05, 0) is 6.42 Å². The molecule has 0 heterocycles. The summed E-state index contributed by atoms with van der Waals surface area (Å²) in [5.74, 6) is -1.22. The number of halogens is 1. The Labute approximate surface area is 98.1 Å². The molecular weight excluding hydrogens is 319 g/mol. The predicted molar refractivity (Wildman–Crippen MR) is 63.6 cm³/mol. The third-order valence-corrected chi connectivity index (χ3v) is 5.05. The van der Waals surface area contributed by atoms with E-state index in [9.17, 15) is 13.2 Å². The summed E-state index contributed by atoms with van der Waals surface area (Å²) in [5.41, 5.74) is 0. The van der Waals surface area contributed by atoms with Gasteiger partial charge in [0.1, 0.15) is 3.92 Å². The third kappa shape index (κ3) is 6.58. The Morgan fingerprint density at radius 1 is 1.43 bits per heavy atom. The molecule has 0 aliphatic heterocycles. The van der Waals surface area contributed by atoms with Crippen LogP contribution in [0.5, 0.6) is 0 Å². The van der Waals surface area contributed by atoms with E-state index in [1.807, 2.05) is 6.92 Å². The first kappa shape index (κ1) is 14.2. The van der Waals surface area contributed by atoms with Gasteiger partial charge in [0.15, 0.2) is 9.84 Å². The molecule has 1 N–H and O–H groups in total. The number of sulfone groups is 1. The maximum atomic E-state index is 11.4. The summed E-state index contributed by atoms with van der Waals surface area (Å²) >= 11 is 1.64. The van der Waals surface area contributed by atoms with Crippen LogP contribution in [-0.2, 0) is 14.6 Å². The van der Waals surface area contributed by atoms with Crippen molar-refractivity contribution in [3.05, 3.63) is 0 Å². The molecule has 0 radical (unpaired) electrons. The second kappa shape index (κ2) is 6.60. The van der Waals surface area contributed by atoms with Gasteiger partial charge in [-0.3, -0.25) is 4.79 Å². The fraction of sp³-hybridized carbons (Fsp3) is 0.875. The molecule has 0 rings (SSSR count). The van der Waals surface area contributed by atoms with Crippen LogP contribution in [0.2, 0.25) is 0 Å². The predicted octanol–water partition coefficient (Wildman–Crippen LogP) is 1.48. The zero-order valence-electron chi connectivity index (χ0n) is 8.07. The summed E-state index contributed by atoms with van der Waals surface area (Å²) in [7, 11) is -3.19. The molecule has 0 aromatic carbocycles. The molecule has 4 nitrogen and oxygen atoms in total. The molecule has 1 unspecified atom stereocenters. The summed E-state index contributed by atoms with van der Waals surface area (Å²) in [5, 5.41) is 8.54. The molecular formula is C8H15IO4S. The van der Waals surface area contributed by atoms with Crippen LogP contribution < -0.4 is 0 Å². The van der Waals surface area contributed by atoms with Crippen LogP contribution in [0.25, 0.3) is 0 Å². The van der Waals surface area contributed by atoms with Crippen molar-refractivity contribution in [2.45, 2.75) is 30.1 Å². The largest absolute Gasteiger partial charge is 0.480 e. The van der Waals surface area contributed by atoms with Crippen molar-refractivity contribution in [3.8, 4) is 0 Å². The van der Waals surface area contributed by atoms with Crippen molar-refractivity contribution in [2.24, 2.45) is 0 Å². The van der Waals surface area contributed by atoms with E-state index in [1.54, 1.807) is 22.6 Å². The summed E-state index contributed by atoms with van der Waals surface area (Å²) < 4.78 is 21.9. The first-order chi connectivity index (χ1) is 6.39. The molecule has 0 saturated heterocycles. The highest BCUT2D eigenvalue weighted by molar-refractivity contribution is 14.1. The van der Waals surface area contributed by atoms with Crippen LogP contribution in [-0.4, -0.2) is 34.9 Å². The molecule has 0 saturated carbocycles. The van der Waals surface area contributed by atoms with Gasteiger partial charge in [-0.15, -0.1) is 0 Å². The molecule has 0 amide bonds. The average Bonchev–Trinajstić information content (AvgIpc) is 2.03. The fourth-order valence-corrected chi connectivity index (χ4v) is 3.99. The number of aliphatic carboxylic acids is 1. The summed E-state index contributed by atoms with van der Waals surface area (Å²) in [6, 6.07) is 0. The highest BCUT2D eigenvalue weighted by Crippen LogP contribution is 2.08. The monoisotopic (exact) mass is 334 g/mol. The van der Waals surface area contributed by atoms with Gasteiger partial charge in [-0.25, -0.2) is 8.42 Å². The minimum Gasteiger partial charge on any atom is -0.480 e. The van der Waals surface area contributed by atoms with E-state index in [0.717, 1.165) is 12.8 Å². The number of hydrogen-bond donors (Lipinski definition) is 1. The molecule has 6 heteroatoms. The Morgan fingerprint density at radius 3 is 2.43 bits per heavy atom. The van der Waals surface area contributed by atoms with Gasteiger partial charge < -0.3 is 5.11 Å². The van der Waals surface area contributed by atoms with E-state index >= 15 is 0 Å². The SMILES string of the molecule is CCCCCS(=O)(=O)CC(I)C(=O)O. The van der Waals surface area contributed by atoms with E-state index in [4.69, 9.17) is 5.11 Å². The molecule has 0 bridgehead atoms. The van der Waals surface area contributed by atoms with E-state index in [2.05, 4.69) is 0 Å². The summed E-state index contributed by atoms with van der Waals surface area (Å²) in [6.45, 7) is 1.99. The number of carbonyl (C=O) groups is 1. The quantitative estimate of drug-likeness (QED) is 0.435. The number of carboxylic acid groups (broad SMARTS) is 1. The topological polar surface area (TPSA) is 71.4 Å². The lowest BCUT2D eigenvalue weighted by atomic mass is 10.3. The number of rotatable bonds is 7. The standard InChI is InChI=1S/C8H15IO4S/c1-2-3-4-5-14(12,13)6-7(9)8(10)11/h7H,2-6H2,1H3,(H,10,11). The van der Waals surface area contributed by atoms with E-state index < -0.39 is 19.7 Å². The van der Waals surface area contributed by atoms with Crippen molar-refractivity contribution in [1.29, 1.82) is 0 Å². The van der Waals surface area contributed by atoms with Gasteiger partial charge >= 0.3 is 5.97 Å². The van der Waals surface area contributed by atoms with Crippen LogP contribution in [0, 0.1) is 0 Å². The molecule has 84 valence electrons. The molecule has 0 spiro atoms. The lowest BCUT2D eigenvalue weighted by molar-refractivity contribution is -0.135. The summed E-state index contributed by atoms with van der Waals surface area (Å²) in [4.78, 5) is 10.4. The van der Waals surface area contributed by atoms with E-state index in [0.29, 0.717) is 6.42 Å². The average molecular weight is 334 g/mol. The lowest BCUT2D eigenvalue weighted by Gasteiger charge is -2.05. The molecule has 0 aromatic heterocycles. The second-order valence-electron chi connectivity index (χ2n) is 3.13. The van der Waals surface area contributed by atoms with E-state index in [1.165, 1.54) is 0 Å². The van der Waals surface area contributed by atoms with Gasteiger partial charge in [0.25, 0.3) is 0 Å². The Balaban J connectivity index is 4.01. The van der Waals surface area contributed by atoms with Gasteiger partial charge in [0, 0.05) is 0 Å². The minimum absolute atomic E-state index is 0.105. The molecule has 0 fully saturated rings. The fourth-order valence-electron chi connectivity index (χ4n) is 0.950. The molecule has 1 atom stereocenters. The molecule has 0 aliphatic rings. The highest BCUT2D eigenvalue weighted by Gasteiger charge is 2.21. The van der Waals surface area contributed by atoms with Crippen LogP contribution in [0.3, 0.4) is 0 Å². The van der Waals surface area contributed by atoms with Crippen molar-refractivity contribution >= 4 is 38.4 Å². The molecule has 0 aliphatic carbocycles. The van der Waals surface area contributed by atoms with Gasteiger partial charge in [0.2, 0.25) is 0 Å². The third-order valence-electron chi connectivity index (χ3n) is 1.73. The van der Waals surface area contributed by atoms with Crippen molar-refractivity contribution < 1.29 is 18.3 Å². The number of hydrogen-bond acceptors (Lipinski definition) is 3. The first-order valence-electron chi connectivity index (χ1n) is 4.46. The van der Waals surface area contributed by atoms with E-state index in [-0.39, 0.29) is 11.5 Å². The Bertz CT molecular complexity index is 273. The summed E-state index contributed by atoms with van der Waals surface area (Å²) in [6.07, 6.45) is 2.46. The second-order valence-corrected chi connectivity index (χ2v) is 6.86. The Hall–Kier alpha value is 0.150. The number of unbranched alkanes of at least 4 members (excludes halogenated alkanes) is 2. The zero-order chi connectivity index (χ0) is 11.2. The lowest BCUT2D eigenvalue weighted by Crippen LogP contribution is -2.25. The van der Waals surface area contributed by atoms with Gasteiger partial charge in [-0.1, -0.05) is 42.4 Å². The molecule has 0 aromatic rings. The van der Waals surface area contributed by atoms with Crippen LogP contribution in [0.4, 0.5) is 0 Å². The van der Waals surface area contributed by atoms with Crippen molar-refractivity contribution in [2.75, 3.05) is 11.5 Å². The van der Waals surface area contributed by atoms with Crippen molar-refractivity contribution in [1.82, 2.24) is 0 Å². The highest BCUT2D eigenvalue weighted by atomic mass is 127. The minimum atomic E-state index is -3.19. The Morgan fingerprint density at radius 2 is 2.00 bits per heavy atom. The molecule has 14 heavy (non-hydrogen) atoms. The first-order valence-corrected chi connectivity index (χ1v) is 7.53. The van der Waals surface area contributed by atoms with Crippen LogP contribution in [0.15, 0.2) is 0 Å². The zero-order valence-corrected chi connectivity index (χ0v) is 11.0.